The van der Waals surface area contributed by atoms with Gasteiger partial charge in [0.25, 0.3) is 5.91 Å². The number of aliphatic hydroxyl groups excluding tert-OH is 1. The summed E-state index contributed by atoms with van der Waals surface area (Å²) in [5.41, 5.74) is 0.283. The zero-order valence-corrected chi connectivity index (χ0v) is 17.6. The molecule has 0 aliphatic rings. The molecule has 0 saturated carbocycles. The molecule has 0 atom stereocenters. The molecule has 0 aliphatic carbocycles. The monoisotopic (exact) mass is 394 g/mol. The van der Waals surface area contributed by atoms with Crippen LogP contribution in [0, 0.1) is 0 Å². The maximum atomic E-state index is 12.1. The molecule has 0 saturated heterocycles. The Balaban J connectivity index is 0.00000364. The fourth-order valence-corrected chi connectivity index (χ4v) is 2.61. The number of fused-ring (bicyclic) bond motifs is 1. The highest BCUT2D eigenvalue weighted by Gasteiger charge is 2.19. The molecule has 2 aromatic rings. The summed E-state index contributed by atoms with van der Waals surface area (Å²) in [6.45, 7) is 10.2. The molecule has 2 aromatic carbocycles. The van der Waals surface area contributed by atoms with Crippen molar-refractivity contribution in [1.29, 1.82) is 0 Å². The smallest absolute Gasteiger partial charge is 0.258 e. The number of nitrogens with one attached hydrogen (secondary N) is 2. The van der Waals surface area contributed by atoms with Gasteiger partial charge in [-0.1, -0.05) is 30.3 Å². The van der Waals surface area contributed by atoms with E-state index in [-0.39, 0.29) is 37.1 Å². The molecule has 0 unspecified atom stereocenters. The Bertz CT molecular complexity index is 770. The predicted molar refractivity (Wildman–Crippen MR) is 113 cm³/mol. The first-order valence-electron chi connectivity index (χ1n) is 8.92. The molecule has 6 heteroatoms. The normalized spacial score (nSPS) is 11.8. The largest absolute Gasteiger partial charge is 0.483 e. The molecule has 2 rings (SSSR count). The number of amides is 1. The molecule has 0 radical (unpaired) electrons. The number of hydrogen-bond donors (Lipinski definition) is 3. The van der Waals surface area contributed by atoms with Crippen LogP contribution in [-0.2, 0) is 11.3 Å². The molecule has 0 fully saturated rings. The zero-order valence-electron chi connectivity index (χ0n) is 16.8. The van der Waals surface area contributed by atoms with Crippen LogP contribution in [0.2, 0.25) is 0 Å². The second kappa shape index (κ2) is 9.40. The van der Waals surface area contributed by atoms with E-state index in [1.807, 2.05) is 71.0 Å². The Morgan fingerprint density at radius 3 is 2.37 bits per heavy atom. The topological polar surface area (TPSA) is 70.6 Å². The van der Waals surface area contributed by atoms with E-state index < -0.39 is 5.54 Å². The lowest BCUT2D eigenvalue weighted by Crippen LogP contribution is -2.43. The second-order valence-corrected chi connectivity index (χ2v) is 8.25. The fraction of sp³-hybridized carbons (Fsp3) is 0.476. The van der Waals surface area contributed by atoms with Gasteiger partial charge in [-0.25, -0.2) is 0 Å². The van der Waals surface area contributed by atoms with Gasteiger partial charge >= 0.3 is 0 Å². The van der Waals surface area contributed by atoms with Crippen LogP contribution in [0.15, 0.2) is 36.4 Å². The summed E-state index contributed by atoms with van der Waals surface area (Å²) < 4.78 is 5.84. The second-order valence-electron chi connectivity index (χ2n) is 8.25. The highest BCUT2D eigenvalue weighted by atomic mass is 35.5. The summed E-state index contributed by atoms with van der Waals surface area (Å²) in [6, 6.07) is 12.0. The number of rotatable bonds is 7. The molecule has 0 spiro atoms. The minimum Gasteiger partial charge on any atom is -0.483 e. The lowest BCUT2D eigenvalue weighted by atomic mass is 10.0. The van der Waals surface area contributed by atoms with E-state index in [1.54, 1.807) is 0 Å². The summed E-state index contributed by atoms with van der Waals surface area (Å²) in [4.78, 5) is 12.1. The van der Waals surface area contributed by atoms with Crippen LogP contribution < -0.4 is 15.4 Å². The van der Waals surface area contributed by atoms with Gasteiger partial charge in [0.05, 0.1) is 6.61 Å². The average Bonchev–Trinajstić information content (AvgIpc) is 2.56. The number of carbonyl (C=O) groups is 1. The fourth-order valence-electron chi connectivity index (χ4n) is 2.61. The lowest BCUT2D eigenvalue weighted by Gasteiger charge is -2.25. The molecular weight excluding hydrogens is 364 g/mol. The van der Waals surface area contributed by atoms with Crippen molar-refractivity contribution in [3.8, 4) is 5.75 Å². The zero-order chi connectivity index (χ0) is 19.4. The highest BCUT2D eigenvalue weighted by Crippen LogP contribution is 2.28. The molecule has 5 nitrogen and oxygen atoms in total. The third-order valence-corrected chi connectivity index (χ3v) is 4.01. The molecule has 0 heterocycles. The van der Waals surface area contributed by atoms with E-state index in [0.29, 0.717) is 12.3 Å². The number of carbonyl (C=O) groups excluding carboxylic acids is 1. The van der Waals surface area contributed by atoms with Crippen LogP contribution in [0.5, 0.6) is 5.75 Å². The van der Waals surface area contributed by atoms with Gasteiger partial charge in [-0.3, -0.25) is 4.79 Å². The standard InChI is InChI=1S/C21H30N2O3.ClH/c1-20(2,3)23-19(25)13-26-18-11-10-15-8-6-7-9-16(15)17(18)12-22-21(4,5)14-24;/h6-11,22,24H,12-14H2,1-5H3,(H,23,25);1H. The van der Waals surface area contributed by atoms with Gasteiger partial charge in [-0.2, -0.15) is 0 Å². The maximum Gasteiger partial charge on any atom is 0.258 e. The molecule has 0 aromatic heterocycles. The van der Waals surface area contributed by atoms with Crippen LogP contribution in [0.3, 0.4) is 0 Å². The maximum absolute atomic E-state index is 12.1. The van der Waals surface area contributed by atoms with Crippen molar-refractivity contribution in [2.45, 2.75) is 52.2 Å². The van der Waals surface area contributed by atoms with Crippen molar-refractivity contribution >= 4 is 29.1 Å². The Morgan fingerprint density at radius 2 is 1.74 bits per heavy atom. The minimum absolute atomic E-state index is 0. The first kappa shape index (κ1) is 23.2. The Hall–Kier alpha value is -1.82. The van der Waals surface area contributed by atoms with Crippen LogP contribution in [0.4, 0.5) is 0 Å². The van der Waals surface area contributed by atoms with E-state index >= 15 is 0 Å². The van der Waals surface area contributed by atoms with E-state index in [9.17, 15) is 9.90 Å². The summed E-state index contributed by atoms with van der Waals surface area (Å²) in [5.74, 6) is 0.522. The van der Waals surface area contributed by atoms with Crippen molar-refractivity contribution in [3.05, 3.63) is 42.0 Å². The molecule has 0 bridgehead atoms. The Kier molecular flexibility index (Phi) is 8.08. The molecule has 0 aliphatic heterocycles. The van der Waals surface area contributed by atoms with Crippen molar-refractivity contribution in [3.63, 3.8) is 0 Å². The van der Waals surface area contributed by atoms with Crippen molar-refractivity contribution < 1.29 is 14.6 Å². The quantitative estimate of drug-likeness (QED) is 0.673. The van der Waals surface area contributed by atoms with Crippen molar-refractivity contribution in [2.75, 3.05) is 13.2 Å². The summed E-state index contributed by atoms with van der Waals surface area (Å²) in [6.07, 6.45) is 0. The molecule has 3 N–H and O–H groups in total. The average molecular weight is 395 g/mol. The van der Waals surface area contributed by atoms with Gasteiger partial charge < -0.3 is 20.5 Å². The molecule has 1 amide bonds. The summed E-state index contributed by atoms with van der Waals surface area (Å²) >= 11 is 0. The molecular formula is C21H31ClN2O3. The van der Waals surface area contributed by atoms with Gasteiger partial charge in [0.1, 0.15) is 5.75 Å². The highest BCUT2D eigenvalue weighted by molar-refractivity contribution is 5.88. The van der Waals surface area contributed by atoms with Gasteiger partial charge in [-0.15, -0.1) is 12.4 Å². The van der Waals surface area contributed by atoms with Crippen LogP contribution in [-0.4, -0.2) is 35.3 Å². The van der Waals surface area contributed by atoms with Gasteiger partial charge in [0.15, 0.2) is 6.61 Å². The van der Waals surface area contributed by atoms with E-state index in [2.05, 4.69) is 10.6 Å². The molecule has 150 valence electrons. The number of benzene rings is 2. The first-order chi connectivity index (χ1) is 12.1. The van der Waals surface area contributed by atoms with Gasteiger partial charge in [0, 0.05) is 23.2 Å². The van der Waals surface area contributed by atoms with Crippen molar-refractivity contribution in [1.82, 2.24) is 10.6 Å². The number of halogens is 1. The Labute approximate surface area is 167 Å². The summed E-state index contributed by atoms with van der Waals surface area (Å²) in [5, 5.41) is 17.9. The number of aliphatic hydroxyl groups is 1. The Morgan fingerprint density at radius 1 is 1.07 bits per heavy atom. The van der Waals surface area contributed by atoms with Gasteiger partial charge in [0.2, 0.25) is 0 Å². The van der Waals surface area contributed by atoms with Crippen molar-refractivity contribution in [2.24, 2.45) is 0 Å². The number of ether oxygens (including phenoxy) is 1. The van der Waals surface area contributed by atoms with Crippen LogP contribution in [0.25, 0.3) is 10.8 Å². The van der Waals surface area contributed by atoms with E-state index in [1.165, 1.54) is 0 Å². The summed E-state index contributed by atoms with van der Waals surface area (Å²) in [7, 11) is 0. The van der Waals surface area contributed by atoms with Gasteiger partial charge in [-0.05, 0) is 51.5 Å². The number of hydrogen-bond acceptors (Lipinski definition) is 4. The predicted octanol–water partition coefficient (Wildman–Crippen LogP) is 3.42. The third kappa shape index (κ3) is 7.01. The third-order valence-electron chi connectivity index (χ3n) is 4.01. The molecule has 27 heavy (non-hydrogen) atoms. The van der Waals surface area contributed by atoms with E-state index in [0.717, 1.165) is 16.3 Å². The first-order valence-corrected chi connectivity index (χ1v) is 8.92. The van der Waals surface area contributed by atoms with Crippen LogP contribution in [0.1, 0.15) is 40.2 Å². The SMILES string of the molecule is CC(C)(C)NC(=O)COc1ccc2ccccc2c1CNC(C)(C)CO.Cl. The van der Waals surface area contributed by atoms with Crippen LogP contribution >= 0.6 is 12.4 Å². The van der Waals surface area contributed by atoms with E-state index in [4.69, 9.17) is 4.74 Å². The minimum atomic E-state index is -0.405. The lowest BCUT2D eigenvalue weighted by molar-refractivity contribution is -0.124.